The maximum absolute atomic E-state index is 6.27. The Morgan fingerprint density at radius 1 is 1.33 bits per heavy atom. The maximum Gasteiger partial charge on any atom is 0.0231 e. The van der Waals surface area contributed by atoms with Crippen molar-refractivity contribution in [2.24, 2.45) is 23.0 Å². The fourth-order valence-electron chi connectivity index (χ4n) is 3.65. The van der Waals surface area contributed by atoms with Crippen LogP contribution in [0.2, 0.25) is 0 Å². The molecule has 2 N–H and O–H groups in total. The highest BCUT2D eigenvalue weighted by molar-refractivity contribution is 9.10. The van der Waals surface area contributed by atoms with E-state index in [0.29, 0.717) is 17.4 Å². The predicted molar refractivity (Wildman–Crippen MR) is 94.1 cm³/mol. The first-order valence-corrected chi connectivity index (χ1v) is 8.78. The Morgan fingerprint density at radius 2 is 2.05 bits per heavy atom. The second-order valence-electron chi connectivity index (χ2n) is 7.37. The van der Waals surface area contributed by atoms with E-state index >= 15 is 0 Å². The summed E-state index contributed by atoms with van der Waals surface area (Å²) in [5, 5.41) is 0. The molecular formula is C18H29BrN2. The van der Waals surface area contributed by atoms with Crippen molar-refractivity contribution >= 4 is 15.9 Å². The molecule has 1 saturated carbocycles. The van der Waals surface area contributed by atoms with Crippen LogP contribution in [0, 0.1) is 17.3 Å². The van der Waals surface area contributed by atoms with Crippen LogP contribution < -0.4 is 5.73 Å². The van der Waals surface area contributed by atoms with E-state index in [1.165, 1.54) is 18.4 Å². The van der Waals surface area contributed by atoms with Gasteiger partial charge in [0.1, 0.15) is 0 Å². The summed E-state index contributed by atoms with van der Waals surface area (Å²) in [7, 11) is 2.23. The molecule has 3 unspecified atom stereocenters. The zero-order valence-corrected chi connectivity index (χ0v) is 15.4. The lowest BCUT2D eigenvalue weighted by molar-refractivity contribution is 0.0324. The van der Waals surface area contributed by atoms with Crippen LogP contribution in [0.25, 0.3) is 0 Å². The standard InChI is InChI=1S/C18H29BrN2/c1-13-17(20)9-8-15(18(13,2)3)12-21(4)11-14-6-5-7-16(19)10-14/h5-7,10,13,15,17H,8-9,11-12,20H2,1-4H3. The third-order valence-electron chi connectivity index (χ3n) is 5.59. The normalized spacial score (nSPS) is 28.8. The van der Waals surface area contributed by atoms with Crippen molar-refractivity contribution in [1.82, 2.24) is 4.90 Å². The second-order valence-corrected chi connectivity index (χ2v) is 8.29. The number of nitrogens with zero attached hydrogens (tertiary/aromatic N) is 1. The highest BCUT2D eigenvalue weighted by Gasteiger charge is 2.41. The minimum absolute atomic E-state index is 0.323. The lowest BCUT2D eigenvalue weighted by Crippen LogP contribution is -2.49. The van der Waals surface area contributed by atoms with Gasteiger partial charge >= 0.3 is 0 Å². The van der Waals surface area contributed by atoms with E-state index in [1.807, 2.05) is 0 Å². The molecule has 0 saturated heterocycles. The van der Waals surface area contributed by atoms with Gasteiger partial charge in [0, 0.05) is 23.6 Å². The van der Waals surface area contributed by atoms with Gasteiger partial charge in [-0.05, 0) is 54.8 Å². The summed E-state index contributed by atoms with van der Waals surface area (Å²) in [6.07, 6.45) is 2.42. The Morgan fingerprint density at radius 3 is 2.71 bits per heavy atom. The molecule has 2 rings (SSSR count). The van der Waals surface area contributed by atoms with Crippen LogP contribution in [-0.4, -0.2) is 24.5 Å². The molecule has 0 aliphatic heterocycles. The Hall–Kier alpha value is -0.380. The molecule has 1 fully saturated rings. The van der Waals surface area contributed by atoms with Gasteiger partial charge in [0.25, 0.3) is 0 Å². The quantitative estimate of drug-likeness (QED) is 0.875. The number of rotatable bonds is 4. The van der Waals surface area contributed by atoms with Crippen LogP contribution in [0.1, 0.15) is 39.2 Å². The summed E-state index contributed by atoms with van der Waals surface area (Å²) in [6, 6.07) is 8.97. The van der Waals surface area contributed by atoms with Crippen molar-refractivity contribution < 1.29 is 0 Å². The molecule has 118 valence electrons. The number of benzene rings is 1. The Bertz CT molecular complexity index is 472. The van der Waals surface area contributed by atoms with Crippen molar-refractivity contribution in [2.75, 3.05) is 13.6 Å². The number of hydrogen-bond acceptors (Lipinski definition) is 2. The second kappa shape index (κ2) is 6.80. The number of hydrogen-bond donors (Lipinski definition) is 1. The zero-order valence-electron chi connectivity index (χ0n) is 13.8. The van der Waals surface area contributed by atoms with E-state index in [9.17, 15) is 0 Å². The van der Waals surface area contributed by atoms with E-state index < -0.39 is 0 Å². The number of nitrogens with two attached hydrogens (primary N) is 1. The summed E-state index contributed by atoms with van der Waals surface area (Å²) >= 11 is 3.55. The first-order chi connectivity index (χ1) is 9.80. The average molecular weight is 353 g/mol. The van der Waals surface area contributed by atoms with Crippen LogP contribution in [0.4, 0.5) is 0 Å². The minimum atomic E-state index is 0.323. The molecule has 1 aliphatic carbocycles. The largest absolute Gasteiger partial charge is 0.327 e. The SMILES string of the molecule is CC1C(N)CCC(CN(C)Cc2cccc(Br)c2)C1(C)C. The van der Waals surface area contributed by atoms with Crippen molar-refractivity contribution in [3.05, 3.63) is 34.3 Å². The molecule has 1 aromatic rings. The molecule has 0 amide bonds. The average Bonchev–Trinajstić information content (AvgIpc) is 2.40. The van der Waals surface area contributed by atoms with E-state index in [1.54, 1.807) is 0 Å². The van der Waals surface area contributed by atoms with Gasteiger partial charge < -0.3 is 10.6 Å². The summed E-state index contributed by atoms with van der Waals surface area (Å²) in [6.45, 7) is 9.27. The lowest BCUT2D eigenvalue weighted by atomic mass is 9.61. The van der Waals surface area contributed by atoms with E-state index in [-0.39, 0.29) is 0 Å². The monoisotopic (exact) mass is 352 g/mol. The van der Waals surface area contributed by atoms with Crippen molar-refractivity contribution in [3.8, 4) is 0 Å². The van der Waals surface area contributed by atoms with Gasteiger partial charge in [0.2, 0.25) is 0 Å². The smallest absolute Gasteiger partial charge is 0.0231 e. The molecule has 2 nitrogen and oxygen atoms in total. The molecule has 1 aliphatic rings. The minimum Gasteiger partial charge on any atom is -0.327 e. The third kappa shape index (κ3) is 4.08. The Kier molecular flexibility index (Phi) is 5.50. The van der Waals surface area contributed by atoms with Crippen molar-refractivity contribution in [2.45, 2.75) is 46.2 Å². The topological polar surface area (TPSA) is 29.3 Å². The van der Waals surface area contributed by atoms with Crippen LogP contribution in [-0.2, 0) is 6.54 Å². The van der Waals surface area contributed by atoms with Crippen LogP contribution in [0.15, 0.2) is 28.7 Å². The van der Waals surface area contributed by atoms with Crippen LogP contribution >= 0.6 is 15.9 Å². The highest BCUT2D eigenvalue weighted by atomic mass is 79.9. The molecule has 3 heteroatoms. The molecule has 3 atom stereocenters. The Labute approximate surface area is 138 Å². The molecule has 0 radical (unpaired) electrons. The summed E-state index contributed by atoms with van der Waals surface area (Å²) in [4.78, 5) is 2.46. The van der Waals surface area contributed by atoms with Crippen molar-refractivity contribution in [1.29, 1.82) is 0 Å². The van der Waals surface area contributed by atoms with Gasteiger partial charge in [-0.3, -0.25) is 0 Å². The maximum atomic E-state index is 6.27. The lowest BCUT2D eigenvalue weighted by Gasteiger charge is -2.48. The summed E-state index contributed by atoms with van der Waals surface area (Å²) in [5.74, 6) is 1.32. The molecule has 0 aromatic heterocycles. The number of halogens is 1. The fourth-order valence-corrected chi connectivity index (χ4v) is 4.10. The zero-order chi connectivity index (χ0) is 15.6. The van der Waals surface area contributed by atoms with E-state index in [4.69, 9.17) is 5.73 Å². The predicted octanol–water partition coefficient (Wildman–Crippen LogP) is 4.28. The summed E-state index contributed by atoms with van der Waals surface area (Å²) < 4.78 is 1.16. The van der Waals surface area contributed by atoms with Gasteiger partial charge in [-0.15, -0.1) is 0 Å². The van der Waals surface area contributed by atoms with E-state index in [2.05, 4.69) is 72.9 Å². The van der Waals surface area contributed by atoms with Gasteiger partial charge in [0.05, 0.1) is 0 Å². The first kappa shape index (κ1) is 17.0. The van der Waals surface area contributed by atoms with Gasteiger partial charge in [-0.2, -0.15) is 0 Å². The fraction of sp³-hybridized carbons (Fsp3) is 0.667. The molecule has 0 spiro atoms. The van der Waals surface area contributed by atoms with Crippen molar-refractivity contribution in [3.63, 3.8) is 0 Å². The molecule has 21 heavy (non-hydrogen) atoms. The third-order valence-corrected chi connectivity index (χ3v) is 6.08. The Balaban J connectivity index is 1.97. The van der Waals surface area contributed by atoms with Crippen LogP contribution in [0.3, 0.4) is 0 Å². The van der Waals surface area contributed by atoms with Gasteiger partial charge in [-0.25, -0.2) is 0 Å². The van der Waals surface area contributed by atoms with E-state index in [0.717, 1.165) is 23.5 Å². The highest BCUT2D eigenvalue weighted by Crippen LogP contribution is 2.44. The molecular weight excluding hydrogens is 324 g/mol. The van der Waals surface area contributed by atoms with Crippen LogP contribution in [0.5, 0.6) is 0 Å². The van der Waals surface area contributed by atoms with Gasteiger partial charge in [0.15, 0.2) is 0 Å². The molecule has 1 aromatic carbocycles. The molecule has 0 bridgehead atoms. The first-order valence-electron chi connectivity index (χ1n) is 7.99. The van der Waals surface area contributed by atoms with Gasteiger partial charge in [-0.1, -0.05) is 48.8 Å². The molecule has 0 heterocycles. The summed E-state index contributed by atoms with van der Waals surface area (Å²) in [5.41, 5.74) is 7.96.